The lowest BCUT2D eigenvalue weighted by atomic mass is 10.2. The van der Waals surface area contributed by atoms with Crippen LogP contribution in [0.15, 0.2) is 23.0 Å². The second-order valence-corrected chi connectivity index (χ2v) is 4.81. The van der Waals surface area contributed by atoms with Gasteiger partial charge in [0.05, 0.1) is 17.9 Å². The first-order valence-corrected chi connectivity index (χ1v) is 6.49. The van der Waals surface area contributed by atoms with E-state index < -0.39 is 24.0 Å². The predicted molar refractivity (Wildman–Crippen MR) is 69.4 cm³/mol. The van der Waals surface area contributed by atoms with E-state index in [0.29, 0.717) is 5.56 Å². The Morgan fingerprint density at radius 2 is 2.19 bits per heavy atom. The van der Waals surface area contributed by atoms with E-state index in [1.807, 2.05) is 0 Å². The number of nitrogens with zero attached hydrogens (tertiary/aromatic N) is 1. The molecule has 8 heteroatoms. The van der Waals surface area contributed by atoms with E-state index in [1.54, 1.807) is 0 Å². The number of carbonyl (C=O) groups excluding carboxylic acids is 2. The number of hydrogen-bond donors (Lipinski definition) is 3. The minimum atomic E-state index is -1.14. The second-order valence-electron chi connectivity index (χ2n) is 4.81. The zero-order chi connectivity index (χ0) is 15.4. The summed E-state index contributed by atoms with van der Waals surface area (Å²) in [6.45, 7) is 0.0905. The van der Waals surface area contributed by atoms with Crippen LogP contribution in [0.5, 0.6) is 0 Å². The van der Waals surface area contributed by atoms with Crippen LogP contribution in [0.3, 0.4) is 0 Å². The summed E-state index contributed by atoms with van der Waals surface area (Å²) in [6, 6.07) is 0.492. The van der Waals surface area contributed by atoms with Crippen LogP contribution in [0.1, 0.15) is 23.2 Å². The summed E-state index contributed by atoms with van der Waals surface area (Å²) in [5, 5.41) is 21.0. The van der Waals surface area contributed by atoms with Crippen molar-refractivity contribution < 1.29 is 29.0 Å². The highest BCUT2D eigenvalue weighted by atomic mass is 16.4. The first kappa shape index (κ1) is 15.0. The van der Waals surface area contributed by atoms with E-state index in [1.165, 1.54) is 18.6 Å². The molecule has 1 saturated heterocycles. The van der Waals surface area contributed by atoms with Gasteiger partial charge in [0.2, 0.25) is 5.91 Å². The molecule has 114 valence electrons. The van der Waals surface area contributed by atoms with Crippen LogP contribution in [-0.4, -0.2) is 58.1 Å². The molecule has 8 nitrogen and oxygen atoms in total. The van der Waals surface area contributed by atoms with Crippen molar-refractivity contribution in [2.75, 3.05) is 13.1 Å². The molecule has 1 aliphatic rings. The minimum Gasteiger partial charge on any atom is -0.480 e. The van der Waals surface area contributed by atoms with Gasteiger partial charge < -0.3 is 24.8 Å². The number of furan rings is 1. The van der Waals surface area contributed by atoms with Crippen LogP contribution in [0.25, 0.3) is 0 Å². The van der Waals surface area contributed by atoms with Crippen molar-refractivity contribution in [1.82, 2.24) is 10.2 Å². The first-order chi connectivity index (χ1) is 9.99. The van der Waals surface area contributed by atoms with Crippen molar-refractivity contribution in [2.24, 2.45) is 0 Å². The van der Waals surface area contributed by atoms with E-state index in [2.05, 4.69) is 5.32 Å². The van der Waals surface area contributed by atoms with Gasteiger partial charge in [-0.05, 0) is 6.07 Å². The van der Waals surface area contributed by atoms with Gasteiger partial charge in [0.25, 0.3) is 5.91 Å². The molecule has 0 bridgehead atoms. The molecule has 0 spiro atoms. The molecule has 1 aromatic heterocycles. The molecule has 0 unspecified atom stereocenters. The van der Waals surface area contributed by atoms with Crippen LogP contribution in [-0.2, 0) is 9.59 Å². The molecule has 1 aliphatic heterocycles. The van der Waals surface area contributed by atoms with Gasteiger partial charge in [0, 0.05) is 25.9 Å². The molecular formula is C13H16N2O6. The number of carbonyl (C=O) groups is 3. The fraction of sp³-hybridized carbons (Fsp3) is 0.462. The Morgan fingerprint density at radius 1 is 1.43 bits per heavy atom. The Labute approximate surface area is 120 Å². The van der Waals surface area contributed by atoms with Gasteiger partial charge in [-0.15, -0.1) is 0 Å². The summed E-state index contributed by atoms with van der Waals surface area (Å²) in [7, 11) is 0. The Hall–Kier alpha value is -2.35. The third-order valence-electron chi connectivity index (χ3n) is 3.29. The maximum Gasteiger partial charge on any atom is 0.326 e. The van der Waals surface area contributed by atoms with E-state index in [4.69, 9.17) is 9.52 Å². The van der Waals surface area contributed by atoms with Gasteiger partial charge in [0.1, 0.15) is 12.3 Å². The van der Waals surface area contributed by atoms with E-state index in [9.17, 15) is 19.5 Å². The zero-order valence-electron chi connectivity index (χ0n) is 11.2. The molecule has 21 heavy (non-hydrogen) atoms. The molecule has 2 heterocycles. The number of β-amino-alcohol motifs (C(OH)–C–C–N with tert-alkyl or cyclic N) is 1. The summed E-state index contributed by atoms with van der Waals surface area (Å²) in [6.07, 6.45) is 1.83. The van der Waals surface area contributed by atoms with E-state index in [0.717, 1.165) is 4.90 Å². The topological polar surface area (TPSA) is 120 Å². The molecule has 0 aliphatic carbocycles. The van der Waals surface area contributed by atoms with Gasteiger partial charge in [-0.1, -0.05) is 0 Å². The molecule has 2 atom stereocenters. The lowest BCUT2D eigenvalue weighted by molar-refractivity contribution is -0.148. The van der Waals surface area contributed by atoms with Crippen molar-refractivity contribution >= 4 is 17.8 Å². The van der Waals surface area contributed by atoms with E-state index in [-0.39, 0.29) is 31.8 Å². The molecule has 3 N–H and O–H groups in total. The molecular weight excluding hydrogens is 280 g/mol. The number of rotatable bonds is 5. The summed E-state index contributed by atoms with van der Waals surface area (Å²) < 4.78 is 4.77. The van der Waals surface area contributed by atoms with Crippen LogP contribution in [0, 0.1) is 0 Å². The number of nitrogens with one attached hydrogen (secondary N) is 1. The average molecular weight is 296 g/mol. The van der Waals surface area contributed by atoms with E-state index >= 15 is 0 Å². The summed E-state index contributed by atoms with van der Waals surface area (Å²) in [5.41, 5.74) is 0.349. The zero-order valence-corrected chi connectivity index (χ0v) is 11.2. The van der Waals surface area contributed by atoms with Gasteiger partial charge in [-0.2, -0.15) is 0 Å². The lowest BCUT2D eigenvalue weighted by Gasteiger charge is -2.21. The monoisotopic (exact) mass is 296 g/mol. The summed E-state index contributed by atoms with van der Waals surface area (Å²) >= 11 is 0. The number of aliphatic carboxylic acids is 1. The van der Waals surface area contributed by atoms with Crippen molar-refractivity contribution in [3.05, 3.63) is 24.2 Å². The van der Waals surface area contributed by atoms with Crippen LogP contribution in [0.2, 0.25) is 0 Å². The predicted octanol–water partition coefficient (Wildman–Crippen LogP) is -0.554. The first-order valence-electron chi connectivity index (χ1n) is 6.49. The van der Waals surface area contributed by atoms with Gasteiger partial charge in [-0.25, -0.2) is 4.79 Å². The standard InChI is InChI=1S/C13H16N2O6/c16-9-5-10(13(19)20)15(6-9)11(17)1-3-14-12(18)8-2-4-21-7-8/h2,4,7,9-10,16H,1,3,5-6H2,(H,14,18)(H,19,20)/t9-,10+/m1/s1. The highest BCUT2D eigenvalue weighted by molar-refractivity contribution is 5.94. The molecule has 0 saturated carbocycles. The second kappa shape index (κ2) is 6.40. The number of aliphatic hydroxyl groups excluding tert-OH is 1. The summed E-state index contributed by atoms with van der Waals surface area (Å²) in [4.78, 5) is 35.7. The Kier molecular flexibility index (Phi) is 4.59. The lowest BCUT2D eigenvalue weighted by Crippen LogP contribution is -2.41. The SMILES string of the molecule is O=C(NCCC(=O)N1C[C@H](O)C[C@H]1C(=O)O)c1ccoc1. The minimum absolute atomic E-state index is 0.00543. The van der Waals surface area contributed by atoms with Crippen molar-refractivity contribution in [2.45, 2.75) is 25.0 Å². The van der Waals surface area contributed by atoms with Gasteiger partial charge >= 0.3 is 5.97 Å². The highest BCUT2D eigenvalue weighted by Crippen LogP contribution is 2.18. The average Bonchev–Trinajstić information content (AvgIpc) is 3.07. The Morgan fingerprint density at radius 3 is 2.81 bits per heavy atom. The Bertz CT molecular complexity index is 527. The normalized spacial score (nSPS) is 21.3. The fourth-order valence-corrected chi connectivity index (χ4v) is 2.25. The third-order valence-corrected chi connectivity index (χ3v) is 3.29. The number of likely N-dealkylation sites (tertiary alicyclic amines) is 1. The van der Waals surface area contributed by atoms with Crippen molar-refractivity contribution in [1.29, 1.82) is 0 Å². The van der Waals surface area contributed by atoms with Crippen LogP contribution < -0.4 is 5.32 Å². The number of carboxylic acid groups (broad SMARTS) is 1. The molecule has 1 fully saturated rings. The number of carboxylic acids is 1. The van der Waals surface area contributed by atoms with Crippen LogP contribution >= 0.6 is 0 Å². The molecule has 0 radical (unpaired) electrons. The van der Waals surface area contributed by atoms with Gasteiger partial charge in [0.15, 0.2) is 0 Å². The molecule has 0 aromatic carbocycles. The van der Waals surface area contributed by atoms with Crippen molar-refractivity contribution in [3.63, 3.8) is 0 Å². The fourth-order valence-electron chi connectivity index (χ4n) is 2.25. The maximum absolute atomic E-state index is 12.0. The van der Waals surface area contributed by atoms with Gasteiger partial charge in [-0.3, -0.25) is 9.59 Å². The maximum atomic E-state index is 12.0. The molecule has 1 aromatic rings. The third kappa shape index (κ3) is 3.60. The largest absolute Gasteiger partial charge is 0.480 e. The van der Waals surface area contributed by atoms with Crippen molar-refractivity contribution in [3.8, 4) is 0 Å². The smallest absolute Gasteiger partial charge is 0.326 e. The number of amides is 2. The Balaban J connectivity index is 1.81. The number of aliphatic hydroxyl groups is 1. The molecule has 2 rings (SSSR count). The molecule has 2 amide bonds. The van der Waals surface area contributed by atoms with Crippen LogP contribution in [0.4, 0.5) is 0 Å². The number of hydrogen-bond acceptors (Lipinski definition) is 5. The quantitative estimate of drug-likeness (QED) is 0.670. The highest BCUT2D eigenvalue weighted by Gasteiger charge is 2.38. The summed E-state index contributed by atoms with van der Waals surface area (Å²) in [5.74, 6) is -1.92.